The van der Waals surface area contributed by atoms with Crippen molar-refractivity contribution >= 4 is 15.9 Å². The van der Waals surface area contributed by atoms with Crippen molar-refractivity contribution in [3.8, 4) is 0 Å². The fraction of sp³-hybridized carbons (Fsp3) is 0.333. The minimum absolute atomic E-state index is 0.498. The lowest BCUT2D eigenvalue weighted by atomic mass is 10.0. The van der Waals surface area contributed by atoms with Gasteiger partial charge in [0.1, 0.15) is 6.67 Å². The number of rotatable bonds is 2. The van der Waals surface area contributed by atoms with Gasteiger partial charge in [-0.2, -0.15) is 0 Å². The summed E-state index contributed by atoms with van der Waals surface area (Å²) in [6.45, 7) is 1.41. The van der Waals surface area contributed by atoms with Gasteiger partial charge in [0.15, 0.2) is 0 Å². The van der Waals surface area contributed by atoms with E-state index in [0.29, 0.717) is 0 Å². The highest BCUT2D eigenvalue weighted by Crippen LogP contribution is 2.20. The zero-order valence-corrected chi connectivity index (χ0v) is 8.44. The van der Waals surface area contributed by atoms with Gasteiger partial charge in [-0.1, -0.05) is 22.0 Å². The average Bonchev–Trinajstić information content (AvgIpc) is 2.08. The van der Waals surface area contributed by atoms with Gasteiger partial charge in [-0.25, -0.2) is 4.39 Å². The van der Waals surface area contributed by atoms with E-state index < -0.39 is 12.7 Å². The summed E-state index contributed by atoms with van der Waals surface area (Å²) in [7, 11) is 0. The summed E-state index contributed by atoms with van der Waals surface area (Å²) >= 11 is 3.32. The van der Waals surface area contributed by atoms with Gasteiger partial charge in [0.2, 0.25) is 0 Å². The molecule has 0 spiro atoms. The highest BCUT2D eigenvalue weighted by Gasteiger charge is 2.08. The van der Waals surface area contributed by atoms with Crippen molar-refractivity contribution < 1.29 is 4.39 Å². The molecule has 0 aromatic heterocycles. The maximum absolute atomic E-state index is 12.2. The molecule has 0 amide bonds. The molecule has 0 aliphatic rings. The predicted molar refractivity (Wildman–Crippen MR) is 51.8 cm³/mol. The Morgan fingerprint density at radius 3 is 2.83 bits per heavy atom. The molecule has 0 saturated carbocycles. The molecule has 0 aliphatic heterocycles. The van der Waals surface area contributed by atoms with Crippen molar-refractivity contribution in [1.82, 2.24) is 0 Å². The highest BCUT2D eigenvalue weighted by molar-refractivity contribution is 9.10. The minimum atomic E-state index is -0.517. The third-order valence-corrected chi connectivity index (χ3v) is 2.30. The maximum atomic E-state index is 12.2. The standard InChI is InChI=1S/C9H11BrFN/c1-6-2-3-7(10)4-8(6)9(12)5-11/h2-4,9H,5,12H2,1H3. The fourth-order valence-corrected chi connectivity index (χ4v) is 1.47. The second-order valence-corrected chi connectivity index (χ2v) is 3.68. The van der Waals surface area contributed by atoms with E-state index in [1.54, 1.807) is 0 Å². The Morgan fingerprint density at radius 1 is 1.58 bits per heavy atom. The summed E-state index contributed by atoms with van der Waals surface area (Å²) < 4.78 is 13.2. The molecule has 1 atom stereocenters. The lowest BCUT2D eigenvalue weighted by Gasteiger charge is -2.10. The molecule has 66 valence electrons. The first-order valence-electron chi connectivity index (χ1n) is 3.72. The van der Waals surface area contributed by atoms with Gasteiger partial charge >= 0.3 is 0 Å². The zero-order chi connectivity index (χ0) is 9.14. The second kappa shape index (κ2) is 4.01. The van der Waals surface area contributed by atoms with Crippen LogP contribution in [0.25, 0.3) is 0 Å². The van der Waals surface area contributed by atoms with Crippen molar-refractivity contribution in [2.75, 3.05) is 6.67 Å². The van der Waals surface area contributed by atoms with Crippen LogP contribution in [0.1, 0.15) is 17.2 Å². The lowest BCUT2D eigenvalue weighted by molar-refractivity contribution is 0.436. The first-order chi connectivity index (χ1) is 5.65. The quantitative estimate of drug-likeness (QED) is 0.833. The summed E-state index contributed by atoms with van der Waals surface area (Å²) in [6.07, 6.45) is 0. The molecule has 2 N–H and O–H groups in total. The first-order valence-corrected chi connectivity index (χ1v) is 4.52. The van der Waals surface area contributed by atoms with Gasteiger partial charge in [-0.3, -0.25) is 0 Å². The summed E-state index contributed by atoms with van der Waals surface area (Å²) in [5.74, 6) is 0. The summed E-state index contributed by atoms with van der Waals surface area (Å²) in [5.41, 5.74) is 7.47. The van der Waals surface area contributed by atoms with E-state index >= 15 is 0 Å². The Kier molecular flexibility index (Phi) is 3.23. The molecule has 1 rings (SSSR count). The maximum Gasteiger partial charge on any atom is 0.109 e. The van der Waals surface area contributed by atoms with Crippen molar-refractivity contribution in [3.05, 3.63) is 33.8 Å². The van der Waals surface area contributed by atoms with Gasteiger partial charge in [0.25, 0.3) is 0 Å². The average molecular weight is 232 g/mol. The van der Waals surface area contributed by atoms with Crippen LogP contribution in [0.5, 0.6) is 0 Å². The number of alkyl halides is 1. The number of benzene rings is 1. The van der Waals surface area contributed by atoms with Gasteiger partial charge in [0, 0.05) is 4.47 Å². The topological polar surface area (TPSA) is 26.0 Å². The van der Waals surface area contributed by atoms with E-state index in [1.165, 1.54) is 0 Å². The van der Waals surface area contributed by atoms with Crippen molar-refractivity contribution in [2.45, 2.75) is 13.0 Å². The molecule has 12 heavy (non-hydrogen) atoms. The van der Waals surface area contributed by atoms with Crippen LogP contribution >= 0.6 is 15.9 Å². The van der Waals surface area contributed by atoms with Crippen LogP contribution in [0.4, 0.5) is 4.39 Å². The van der Waals surface area contributed by atoms with E-state index in [0.717, 1.165) is 15.6 Å². The van der Waals surface area contributed by atoms with Crippen LogP contribution in [0.3, 0.4) is 0 Å². The van der Waals surface area contributed by atoms with Crippen molar-refractivity contribution in [2.24, 2.45) is 5.73 Å². The Balaban J connectivity index is 3.04. The van der Waals surface area contributed by atoms with Gasteiger partial charge in [-0.15, -0.1) is 0 Å². The number of hydrogen-bond donors (Lipinski definition) is 1. The minimum Gasteiger partial charge on any atom is -0.322 e. The molecule has 1 aromatic rings. The monoisotopic (exact) mass is 231 g/mol. The van der Waals surface area contributed by atoms with Crippen molar-refractivity contribution in [3.63, 3.8) is 0 Å². The molecule has 0 bridgehead atoms. The Morgan fingerprint density at radius 2 is 2.25 bits per heavy atom. The smallest absolute Gasteiger partial charge is 0.109 e. The van der Waals surface area contributed by atoms with Crippen LogP contribution in [0, 0.1) is 6.92 Å². The van der Waals surface area contributed by atoms with E-state index in [-0.39, 0.29) is 0 Å². The fourth-order valence-electron chi connectivity index (χ4n) is 1.09. The van der Waals surface area contributed by atoms with E-state index in [2.05, 4.69) is 15.9 Å². The number of hydrogen-bond acceptors (Lipinski definition) is 1. The molecule has 1 aromatic carbocycles. The Bertz CT molecular complexity index is 275. The molecule has 1 nitrogen and oxygen atoms in total. The summed E-state index contributed by atoms with van der Waals surface area (Å²) in [5, 5.41) is 0. The van der Waals surface area contributed by atoms with Crippen LogP contribution in [-0.4, -0.2) is 6.67 Å². The third-order valence-electron chi connectivity index (χ3n) is 1.81. The van der Waals surface area contributed by atoms with Crippen LogP contribution in [0.15, 0.2) is 22.7 Å². The van der Waals surface area contributed by atoms with E-state index in [9.17, 15) is 4.39 Å². The SMILES string of the molecule is Cc1ccc(Br)cc1C(N)CF. The van der Waals surface area contributed by atoms with E-state index in [4.69, 9.17) is 5.73 Å². The normalized spacial score (nSPS) is 13.0. The van der Waals surface area contributed by atoms with Crippen molar-refractivity contribution in [1.29, 1.82) is 0 Å². The Labute approximate surface area is 79.9 Å². The first kappa shape index (κ1) is 9.68. The molecule has 1 unspecified atom stereocenters. The predicted octanol–water partition coefficient (Wildman–Crippen LogP) is 2.73. The number of aryl methyl sites for hydroxylation is 1. The van der Waals surface area contributed by atoms with Crippen LogP contribution < -0.4 is 5.73 Å². The Hall–Kier alpha value is -0.410. The zero-order valence-electron chi connectivity index (χ0n) is 6.85. The highest BCUT2D eigenvalue weighted by atomic mass is 79.9. The van der Waals surface area contributed by atoms with Crippen LogP contribution in [0.2, 0.25) is 0 Å². The molecular weight excluding hydrogens is 221 g/mol. The van der Waals surface area contributed by atoms with Gasteiger partial charge < -0.3 is 5.73 Å². The summed E-state index contributed by atoms with van der Waals surface area (Å²) in [4.78, 5) is 0. The molecule has 0 aliphatic carbocycles. The summed E-state index contributed by atoms with van der Waals surface area (Å²) in [6, 6.07) is 5.21. The molecular formula is C9H11BrFN. The van der Waals surface area contributed by atoms with Gasteiger partial charge in [-0.05, 0) is 30.2 Å². The van der Waals surface area contributed by atoms with Crippen LogP contribution in [-0.2, 0) is 0 Å². The molecule has 0 fully saturated rings. The van der Waals surface area contributed by atoms with Gasteiger partial charge in [0.05, 0.1) is 6.04 Å². The molecule has 0 radical (unpaired) electrons. The number of nitrogens with two attached hydrogens (primary N) is 1. The largest absolute Gasteiger partial charge is 0.322 e. The molecule has 3 heteroatoms. The second-order valence-electron chi connectivity index (χ2n) is 2.76. The number of halogens is 2. The third kappa shape index (κ3) is 2.05. The molecule has 0 heterocycles. The lowest BCUT2D eigenvalue weighted by Crippen LogP contribution is -2.13. The van der Waals surface area contributed by atoms with E-state index in [1.807, 2.05) is 25.1 Å². The molecule has 0 saturated heterocycles.